The Bertz CT molecular complexity index is 473. The normalized spacial score (nSPS) is 16.9. The maximum Gasteiger partial charge on any atom is 0.321 e. The van der Waals surface area contributed by atoms with Crippen molar-refractivity contribution in [3.05, 3.63) is 29.8 Å². The second-order valence-corrected chi connectivity index (χ2v) is 6.77. The van der Waals surface area contributed by atoms with E-state index in [1.807, 2.05) is 29.2 Å². The van der Waals surface area contributed by atoms with Gasteiger partial charge in [0, 0.05) is 30.7 Å². The molecule has 21 heavy (non-hydrogen) atoms. The average molecular weight is 289 g/mol. The van der Waals surface area contributed by atoms with Crippen LogP contribution in [-0.2, 0) is 5.41 Å². The third-order valence-electron chi connectivity index (χ3n) is 4.50. The van der Waals surface area contributed by atoms with Crippen LogP contribution in [0.4, 0.5) is 10.5 Å². The van der Waals surface area contributed by atoms with Crippen molar-refractivity contribution in [3.8, 4) is 0 Å². The van der Waals surface area contributed by atoms with E-state index in [1.165, 1.54) is 5.56 Å². The Kier molecular flexibility index (Phi) is 4.88. The average Bonchev–Trinajstić information content (AvgIpc) is 2.48. The van der Waals surface area contributed by atoms with Crippen LogP contribution in [0, 0.1) is 5.92 Å². The van der Waals surface area contributed by atoms with E-state index in [0.717, 1.165) is 37.5 Å². The smallest absolute Gasteiger partial charge is 0.321 e. The summed E-state index contributed by atoms with van der Waals surface area (Å²) >= 11 is 0. The van der Waals surface area contributed by atoms with Crippen molar-refractivity contribution in [2.45, 2.75) is 39.0 Å². The van der Waals surface area contributed by atoms with Gasteiger partial charge in [-0.05, 0) is 36.5 Å². The van der Waals surface area contributed by atoms with E-state index in [0.29, 0.717) is 6.54 Å². The second kappa shape index (κ2) is 6.48. The Labute approximate surface area is 127 Å². The lowest BCUT2D eigenvalue weighted by Gasteiger charge is -2.30. The molecule has 2 amide bonds. The number of amides is 2. The van der Waals surface area contributed by atoms with Crippen molar-refractivity contribution in [2.24, 2.45) is 11.7 Å². The lowest BCUT2D eigenvalue weighted by Crippen LogP contribution is -2.40. The number of urea groups is 1. The number of hydrogen-bond acceptors (Lipinski definition) is 2. The van der Waals surface area contributed by atoms with E-state index in [2.05, 4.69) is 26.1 Å². The van der Waals surface area contributed by atoms with Gasteiger partial charge in [-0.25, -0.2) is 4.79 Å². The quantitative estimate of drug-likeness (QED) is 0.898. The van der Waals surface area contributed by atoms with E-state index in [9.17, 15) is 4.79 Å². The summed E-state index contributed by atoms with van der Waals surface area (Å²) in [6, 6.07) is 8.00. The van der Waals surface area contributed by atoms with Crippen LogP contribution >= 0.6 is 0 Å². The van der Waals surface area contributed by atoms with Crippen molar-refractivity contribution in [1.29, 1.82) is 0 Å². The number of carbonyl (C=O) groups excluding carboxylic acids is 1. The number of hydrogen-bond donors (Lipinski definition) is 2. The van der Waals surface area contributed by atoms with Crippen molar-refractivity contribution < 1.29 is 4.79 Å². The first kappa shape index (κ1) is 15.8. The van der Waals surface area contributed by atoms with Crippen LogP contribution in [0.2, 0.25) is 0 Å². The Balaban J connectivity index is 1.95. The van der Waals surface area contributed by atoms with Gasteiger partial charge in [0.25, 0.3) is 0 Å². The summed E-state index contributed by atoms with van der Waals surface area (Å²) in [4.78, 5) is 14.1. The third kappa shape index (κ3) is 3.97. The minimum atomic E-state index is -0.0362. The zero-order chi connectivity index (χ0) is 15.5. The first-order valence-electron chi connectivity index (χ1n) is 7.79. The summed E-state index contributed by atoms with van der Waals surface area (Å²) in [5.41, 5.74) is 7.79. The molecule has 1 aromatic rings. The molecule has 4 heteroatoms. The van der Waals surface area contributed by atoms with Crippen LogP contribution in [0.5, 0.6) is 0 Å². The molecule has 0 saturated carbocycles. The van der Waals surface area contributed by atoms with Crippen LogP contribution in [-0.4, -0.2) is 30.6 Å². The van der Waals surface area contributed by atoms with Crippen LogP contribution in [0.1, 0.15) is 39.2 Å². The molecule has 0 atom stereocenters. The fourth-order valence-electron chi connectivity index (χ4n) is 2.54. The number of anilines is 1. The number of nitrogens with two attached hydrogens (primary N) is 1. The molecule has 0 unspecified atom stereocenters. The van der Waals surface area contributed by atoms with Gasteiger partial charge < -0.3 is 16.0 Å². The van der Waals surface area contributed by atoms with Gasteiger partial charge in [0.2, 0.25) is 0 Å². The molecule has 0 spiro atoms. The van der Waals surface area contributed by atoms with Crippen LogP contribution in [0.3, 0.4) is 0 Å². The highest BCUT2D eigenvalue weighted by Gasteiger charge is 2.21. The van der Waals surface area contributed by atoms with Crippen LogP contribution < -0.4 is 11.1 Å². The molecule has 1 aliphatic rings. The molecule has 0 radical (unpaired) electrons. The van der Waals surface area contributed by atoms with E-state index >= 15 is 0 Å². The fraction of sp³-hybridized carbons (Fsp3) is 0.588. The van der Waals surface area contributed by atoms with E-state index in [4.69, 9.17) is 5.73 Å². The molecule has 1 aromatic carbocycles. The van der Waals surface area contributed by atoms with Gasteiger partial charge in [-0.2, -0.15) is 0 Å². The highest BCUT2D eigenvalue weighted by atomic mass is 16.2. The molecule has 1 heterocycles. The summed E-state index contributed by atoms with van der Waals surface area (Å²) in [5, 5.41) is 2.98. The van der Waals surface area contributed by atoms with Gasteiger partial charge in [0.15, 0.2) is 0 Å². The van der Waals surface area contributed by atoms with Crippen molar-refractivity contribution in [2.75, 3.05) is 25.0 Å². The number of rotatable bonds is 3. The minimum Gasteiger partial charge on any atom is -0.330 e. The zero-order valence-corrected chi connectivity index (χ0v) is 13.4. The predicted molar refractivity (Wildman–Crippen MR) is 87.5 cm³/mol. The van der Waals surface area contributed by atoms with E-state index < -0.39 is 0 Å². The Morgan fingerprint density at radius 3 is 2.38 bits per heavy atom. The Morgan fingerprint density at radius 2 is 1.86 bits per heavy atom. The van der Waals surface area contributed by atoms with Gasteiger partial charge in [-0.15, -0.1) is 0 Å². The molecular weight excluding hydrogens is 262 g/mol. The number of benzene rings is 1. The molecule has 1 fully saturated rings. The van der Waals surface area contributed by atoms with Crippen LogP contribution in [0.25, 0.3) is 0 Å². The first-order valence-corrected chi connectivity index (χ1v) is 7.79. The maximum absolute atomic E-state index is 12.2. The molecule has 1 saturated heterocycles. The minimum absolute atomic E-state index is 0.00716. The second-order valence-electron chi connectivity index (χ2n) is 6.77. The number of likely N-dealkylation sites (tertiary alicyclic amines) is 1. The van der Waals surface area contributed by atoms with E-state index in [-0.39, 0.29) is 11.4 Å². The summed E-state index contributed by atoms with van der Waals surface area (Å²) in [6.07, 6.45) is 2.19. The predicted octanol–water partition coefficient (Wildman–Crippen LogP) is 3.19. The number of piperidine rings is 1. The molecular formula is C17H27N3O. The molecule has 0 aromatic heterocycles. The third-order valence-corrected chi connectivity index (χ3v) is 4.50. The number of nitrogens with zero attached hydrogens (tertiary/aromatic N) is 1. The molecule has 4 nitrogen and oxygen atoms in total. The van der Waals surface area contributed by atoms with E-state index in [1.54, 1.807) is 0 Å². The summed E-state index contributed by atoms with van der Waals surface area (Å²) in [7, 11) is 0. The van der Waals surface area contributed by atoms with Gasteiger partial charge in [-0.3, -0.25) is 0 Å². The molecule has 3 N–H and O–H groups in total. The highest BCUT2D eigenvalue weighted by molar-refractivity contribution is 5.89. The summed E-state index contributed by atoms with van der Waals surface area (Å²) < 4.78 is 0. The fourth-order valence-corrected chi connectivity index (χ4v) is 2.54. The zero-order valence-electron chi connectivity index (χ0n) is 13.4. The lowest BCUT2D eigenvalue weighted by atomic mass is 9.85. The van der Waals surface area contributed by atoms with Crippen molar-refractivity contribution in [1.82, 2.24) is 4.90 Å². The summed E-state index contributed by atoms with van der Waals surface area (Å²) in [5.74, 6) is 0.729. The summed E-state index contributed by atoms with van der Waals surface area (Å²) in [6.45, 7) is 8.79. The van der Waals surface area contributed by atoms with Gasteiger partial charge >= 0.3 is 6.03 Å². The van der Waals surface area contributed by atoms with Gasteiger partial charge in [-0.1, -0.05) is 32.9 Å². The van der Waals surface area contributed by atoms with Crippen molar-refractivity contribution in [3.63, 3.8) is 0 Å². The van der Waals surface area contributed by atoms with Gasteiger partial charge in [0.05, 0.1) is 0 Å². The molecule has 1 aliphatic heterocycles. The molecule has 0 bridgehead atoms. The standard InChI is InChI=1S/C17H27N3O/c1-13-8-10-20(11-9-13)16(21)19-15-6-4-14(5-7-15)17(2,3)12-18/h4-7,13H,8-12,18H2,1-3H3,(H,19,21). The number of carbonyl (C=O) groups is 1. The monoisotopic (exact) mass is 289 g/mol. The Morgan fingerprint density at radius 1 is 1.29 bits per heavy atom. The van der Waals surface area contributed by atoms with Crippen molar-refractivity contribution >= 4 is 11.7 Å². The maximum atomic E-state index is 12.2. The molecule has 2 rings (SSSR count). The SMILES string of the molecule is CC1CCN(C(=O)Nc2ccc(C(C)(C)CN)cc2)CC1. The Hall–Kier alpha value is -1.55. The lowest BCUT2D eigenvalue weighted by molar-refractivity contribution is 0.186. The van der Waals surface area contributed by atoms with Gasteiger partial charge in [0.1, 0.15) is 0 Å². The van der Waals surface area contributed by atoms with Crippen LogP contribution in [0.15, 0.2) is 24.3 Å². The topological polar surface area (TPSA) is 58.4 Å². The first-order chi connectivity index (χ1) is 9.92. The largest absolute Gasteiger partial charge is 0.330 e. The highest BCUT2D eigenvalue weighted by Crippen LogP contribution is 2.23. The molecule has 116 valence electrons. The number of nitrogens with one attached hydrogen (secondary N) is 1. The molecule has 0 aliphatic carbocycles.